The highest BCUT2D eigenvalue weighted by Crippen LogP contribution is 2.56. The number of alkyl carbamates (subject to hydrolysis) is 1. The maximum atomic E-state index is 15.3. The molecule has 1 spiro atoms. The van der Waals surface area contributed by atoms with E-state index in [0.717, 1.165) is 5.56 Å². The van der Waals surface area contributed by atoms with Gasteiger partial charge < -0.3 is 38.7 Å². The number of aromatic nitrogens is 1. The van der Waals surface area contributed by atoms with E-state index < -0.39 is 41.4 Å². The molecule has 4 aromatic rings. The Morgan fingerprint density at radius 3 is 2.51 bits per heavy atom. The predicted octanol–water partition coefficient (Wildman–Crippen LogP) is 5.16. The minimum Gasteiger partial charge on any atom is -0.467 e. The Bertz CT molecular complexity index is 2020. The molecule has 1 aromatic heterocycles. The fraction of sp³-hybridized carbons (Fsp3) is 0.342. The molecule has 0 saturated carbocycles. The Hall–Kier alpha value is -5.25. The third-order valence-electron chi connectivity index (χ3n) is 9.12. The molecule has 278 valence electrons. The maximum absolute atomic E-state index is 15.3. The number of fused-ring (bicyclic) bond motifs is 8. The van der Waals surface area contributed by atoms with Crippen LogP contribution in [0.3, 0.4) is 0 Å². The van der Waals surface area contributed by atoms with Gasteiger partial charge in [-0.1, -0.05) is 68.4 Å². The lowest BCUT2D eigenvalue weighted by Gasteiger charge is -2.31. The smallest absolute Gasteiger partial charge is 0.408 e. The molecule has 3 amide bonds. The van der Waals surface area contributed by atoms with E-state index >= 15 is 4.79 Å². The van der Waals surface area contributed by atoms with Gasteiger partial charge >= 0.3 is 12.1 Å². The fourth-order valence-corrected chi connectivity index (χ4v) is 7.27. The van der Waals surface area contributed by atoms with Crippen LogP contribution < -0.4 is 20.3 Å². The van der Waals surface area contributed by atoms with Crippen LogP contribution in [0.25, 0.3) is 0 Å². The number of nitrogens with one attached hydrogen (secondary N) is 2. The number of carbonyl (C=O) groups is 4. The second kappa shape index (κ2) is 15.8. The van der Waals surface area contributed by atoms with Crippen molar-refractivity contribution in [2.24, 2.45) is 5.92 Å². The van der Waals surface area contributed by atoms with E-state index in [1.165, 1.54) is 26.2 Å². The molecular weight excluding hydrogens is 752 g/mol. The summed E-state index contributed by atoms with van der Waals surface area (Å²) < 4.78 is 34.7. The van der Waals surface area contributed by atoms with Crippen LogP contribution in [0.4, 0.5) is 10.5 Å². The zero-order valence-corrected chi connectivity index (χ0v) is 31.4. The number of oxazole rings is 1. The number of carbonyl (C=O) groups excluding carboxylic acids is 4. The van der Waals surface area contributed by atoms with Crippen molar-refractivity contribution < 1.29 is 47.3 Å². The molecule has 2 aliphatic rings. The van der Waals surface area contributed by atoms with Gasteiger partial charge in [0.05, 0.1) is 12.8 Å². The molecule has 6 rings (SSSR count). The Balaban J connectivity index is 1.61. The monoisotopic (exact) mass is 790 g/mol. The van der Waals surface area contributed by atoms with Crippen LogP contribution in [0.2, 0.25) is 0 Å². The molecule has 2 N–H and O–H groups in total. The molecule has 3 aromatic carbocycles. The van der Waals surface area contributed by atoms with Crippen LogP contribution in [-0.4, -0.2) is 69.8 Å². The average molecular weight is 792 g/mol. The van der Waals surface area contributed by atoms with E-state index in [0.29, 0.717) is 21.3 Å². The van der Waals surface area contributed by atoms with Crippen molar-refractivity contribution in [1.29, 1.82) is 0 Å². The van der Waals surface area contributed by atoms with Gasteiger partial charge in [0.15, 0.2) is 23.7 Å². The summed E-state index contributed by atoms with van der Waals surface area (Å²) in [5.74, 6) is -2.28. The summed E-state index contributed by atoms with van der Waals surface area (Å²) >= 11 is 3.63. The first kappa shape index (κ1) is 37.5. The summed E-state index contributed by atoms with van der Waals surface area (Å²) in [5.41, 5.74) is 0.277. The van der Waals surface area contributed by atoms with Gasteiger partial charge in [-0.15, -0.1) is 0 Å². The van der Waals surface area contributed by atoms with E-state index in [2.05, 4.69) is 31.5 Å². The van der Waals surface area contributed by atoms with Gasteiger partial charge in [0.1, 0.15) is 31.2 Å². The normalized spacial score (nSPS) is 19.3. The number of anilines is 1. The number of methoxy groups -OCH3 is 3. The summed E-state index contributed by atoms with van der Waals surface area (Å²) in [6.45, 7) is 3.30. The minimum absolute atomic E-state index is 0.0156. The van der Waals surface area contributed by atoms with Gasteiger partial charge in [-0.05, 0) is 45.1 Å². The summed E-state index contributed by atoms with van der Waals surface area (Å²) in [7, 11) is 4.12. The molecule has 3 atom stereocenters. The van der Waals surface area contributed by atoms with E-state index in [9.17, 15) is 14.4 Å². The second-order valence-corrected chi connectivity index (χ2v) is 13.7. The molecular formula is C38H39BrN4O10. The molecule has 0 radical (unpaired) electrons. The number of nitrogens with zero attached hydrogens (tertiary/aromatic N) is 2. The lowest BCUT2D eigenvalue weighted by molar-refractivity contribution is -0.124. The second-order valence-electron chi connectivity index (χ2n) is 12.8. The van der Waals surface area contributed by atoms with Gasteiger partial charge in [0.2, 0.25) is 11.8 Å². The number of para-hydroxylation sites is 1. The number of hydrogen-bond donors (Lipinski definition) is 2. The van der Waals surface area contributed by atoms with Crippen molar-refractivity contribution in [3.63, 3.8) is 0 Å². The van der Waals surface area contributed by atoms with Crippen LogP contribution >= 0.6 is 15.9 Å². The van der Waals surface area contributed by atoms with Crippen molar-refractivity contribution >= 4 is 45.5 Å². The van der Waals surface area contributed by atoms with E-state index in [4.69, 9.17) is 28.1 Å². The van der Waals surface area contributed by atoms with Crippen molar-refractivity contribution in [3.05, 3.63) is 111 Å². The number of halogens is 1. The van der Waals surface area contributed by atoms with E-state index in [-0.39, 0.29) is 61.1 Å². The van der Waals surface area contributed by atoms with Gasteiger partial charge in [-0.25, -0.2) is 14.6 Å². The molecule has 53 heavy (non-hydrogen) atoms. The Kier molecular flexibility index (Phi) is 11.2. The number of benzene rings is 3. The van der Waals surface area contributed by atoms with Crippen molar-refractivity contribution in [2.75, 3.05) is 39.8 Å². The third-order valence-corrected chi connectivity index (χ3v) is 9.76. The van der Waals surface area contributed by atoms with Crippen LogP contribution in [0, 0.1) is 5.92 Å². The molecule has 15 heteroatoms. The van der Waals surface area contributed by atoms with Crippen LogP contribution in [0.15, 0.2) is 75.6 Å². The molecule has 3 heterocycles. The SMILES string of the molecule is COCOc1ccc2cc1[C@]1(C(=O)N(COC)c3c(Br)cccc31)c1oc(nc1C(=O)OC)[C@H](C(C)C)NC(=O)[C@@H](NC(=O)OCc1ccccc1)C2. The summed E-state index contributed by atoms with van der Waals surface area (Å²) in [6, 6.07) is 17.4. The number of rotatable bonds is 10. The molecule has 0 fully saturated rings. The highest BCUT2D eigenvalue weighted by atomic mass is 79.9. The number of amides is 3. The third kappa shape index (κ3) is 6.99. The first-order valence-corrected chi connectivity index (χ1v) is 17.6. The van der Waals surface area contributed by atoms with E-state index in [1.54, 1.807) is 36.4 Å². The van der Waals surface area contributed by atoms with Gasteiger partial charge in [-0.2, -0.15) is 0 Å². The molecule has 0 unspecified atom stereocenters. The van der Waals surface area contributed by atoms with Crippen molar-refractivity contribution in [2.45, 2.75) is 44.4 Å². The molecule has 0 saturated heterocycles. The van der Waals surface area contributed by atoms with Crippen molar-refractivity contribution in [1.82, 2.24) is 15.6 Å². The lowest BCUT2D eigenvalue weighted by atomic mass is 9.71. The Labute approximate surface area is 314 Å². The van der Waals surface area contributed by atoms with Crippen LogP contribution in [0.5, 0.6) is 5.75 Å². The molecule has 4 bridgehead atoms. The standard InChI is InChI=1S/C38H39BrN4O10/c1-21(2)29-34-42-30(35(45)50-5)32(53-34)38(24-12-9-13-26(39)31(24)43(19-48-3)36(38)46)25-16-23(14-15-28(25)52-20-49-4)17-27(33(44)41-29)40-37(47)51-18-22-10-7-6-8-11-22/h6-16,21,27,29H,17-20H2,1-5H3,(H,40,47)(H,41,44)/t27-,29-,38-/m0/s1. The van der Waals surface area contributed by atoms with Gasteiger partial charge in [0.25, 0.3) is 5.91 Å². The molecule has 14 nitrogen and oxygen atoms in total. The molecule has 2 aliphatic heterocycles. The quantitative estimate of drug-likeness (QED) is 0.161. The van der Waals surface area contributed by atoms with Crippen molar-refractivity contribution in [3.8, 4) is 5.75 Å². The van der Waals surface area contributed by atoms with Gasteiger partial charge in [-0.3, -0.25) is 14.5 Å². The summed E-state index contributed by atoms with van der Waals surface area (Å²) in [4.78, 5) is 62.3. The highest BCUT2D eigenvalue weighted by Gasteiger charge is 2.60. The molecule has 0 aliphatic carbocycles. The van der Waals surface area contributed by atoms with Crippen LogP contribution in [-0.2, 0) is 47.0 Å². The lowest BCUT2D eigenvalue weighted by Crippen LogP contribution is -2.50. The largest absolute Gasteiger partial charge is 0.467 e. The van der Waals surface area contributed by atoms with Gasteiger partial charge in [0, 0.05) is 36.2 Å². The fourth-order valence-electron chi connectivity index (χ4n) is 6.69. The number of esters is 1. The average Bonchev–Trinajstić information content (AvgIpc) is 3.70. The Morgan fingerprint density at radius 2 is 1.81 bits per heavy atom. The highest BCUT2D eigenvalue weighted by molar-refractivity contribution is 9.10. The maximum Gasteiger partial charge on any atom is 0.408 e. The number of hydrogen-bond acceptors (Lipinski definition) is 11. The number of ether oxygens (including phenoxy) is 5. The summed E-state index contributed by atoms with van der Waals surface area (Å²) in [5, 5.41) is 5.67. The zero-order valence-electron chi connectivity index (χ0n) is 29.8. The Morgan fingerprint density at radius 1 is 1.04 bits per heavy atom. The van der Waals surface area contributed by atoms with Crippen LogP contribution in [0.1, 0.15) is 64.3 Å². The van der Waals surface area contributed by atoms with E-state index in [1.807, 2.05) is 44.2 Å². The zero-order chi connectivity index (χ0) is 37.9. The predicted molar refractivity (Wildman–Crippen MR) is 193 cm³/mol. The first-order chi connectivity index (χ1) is 25.5. The minimum atomic E-state index is -1.91. The first-order valence-electron chi connectivity index (χ1n) is 16.8. The summed E-state index contributed by atoms with van der Waals surface area (Å²) in [6.07, 6.45) is -0.840. The topological polar surface area (TPSA) is 168 Å².